The average Bonchev–Trinajstić information content (AvgIpc) is 2.64. The molecule has 0 radical (unpaired) electrons. The van der Waals surface area contributed by atoms with Gasteiger partial charge in [-0.1, -0.05) is 17.7 Å². The molecule has 6 heteroatoms. The molecule has 0 aliphatic carbocycles. The summed E-state index contributed by atoms with van der Waals surface area (Å²) in [6.07, 6.45) is 0. The van der Waals surface area contributed by atoms with Gasteiger partial charge in [-0.3, -0.25) is 4.90 Å². The van der Waals surface area contributed by atoms with Gasteiger partial charge in [-0.15, -0.1) is 0 Å². The van der Waals surface area contributed by atoms with Crippen LogP contribution in [0.1, 0.15) is 11.1 Å². The number of piperazine rings is 1. The number of anilines is 1. The number of nitrogens with zero attached hydrogens (tertiary/aromatic N) is 2. The molecule has 2 heterocycles. The first-order valence-corrected chi connectivity index (χ1v) is 9.36. The number of benzene rings is 2. The molecule has 3 aromatic rings. The zero-order chi connectivity index (χ0) is 19.0. The maximum Gasteiger partial charge on any atom is 0.336 e. The van der Waals surface area contributed by atoms with E-state index in [9.17, 15) is 9.90 Å². The molecule has 5 nitrogen and oxygen atoms in total. The molecule has 0 spiro atoms. The minimum atomic E-state index is -0.392. The predicted molar refractivity (Wildman–Crippen MR) is 108 cm³/mol. The summed E-state index contributed by atoms with van der Waals surface area (Å²) in [6.45, 7) is 6.37. The standard InChI is InChI=1S/C21H21ClN2O3/c1-14-2-3-16(22)11-19(14)24-8-6-23(7-9-24)13-15-10-21(26)27-20-12-17(25)4-5-18(15)20/h2-5,10-12,25H,6-9,13H2,1H3. The molecule has 4 rings (SSSR count). The molecule has 0 amide bonds. The van der Waals surface area contributed by atoms with Crippen molar-refractivity contribution in [3.05, 3.63) is 69.0 Å². The topological polar surface area (TPSA) is 56.9 Å². The van der Waals surface area contributed by atoms with Crippen molar-refractivity contribution in [2.24, 2.45) is 0 Å². The highest BCUT2D eigenvalue weighted by atomic mass is 35.5. The zero-order valence-electron chi connectivity index (χ0n) is 15.1. The largest absolute Gasteiger partial charge is 0.508 e. The van der Waals surface area contributed by atoms with Crippen LogP contribution in [0.25, 0.3) is 11.0 Å². The second-order valence-electron chi connectivity index (χ2n) is 6.97. The molecule has 27 heavy (non-hydrogen) atoms. The third-order valence-corrected chi connectivity index (χ3v) is 5.33. The van der Waals surface area contributed by atoms with Gasteiger partial charge in [0.2, 0.25) is 0 Å². The number of aryl methyl sites for hydroxylation is 1. The number of fused-ring (bicyclic) bond motifs is 1. The Morgan fingerprint density at radius 2 is 1.85 bits per heavy atom. The van der Waals surface area contributed by atoms with Crippen LogP contribution in [-0.2, 0) is 6.54 Å². The van der Waals surface area contributed by atoms with Crippen molar-refractivity contribution in [2.45, 2.75) is 13.5 Å². The van der Waals surface area contributed by atoms with E-state index >= 15 is 0 Å². The van der Waals surface area contributed by atoms with E-state index in [-0.39, 0.29) is 5.75 Å². The smallest absolute Gasteiger partial charge is 0.336 e. The van der Waals surface area contributed by atoms with Crippen LogP contribution in [0, 0.1) is 6.92 Å². The molecule has 0 unspecified atom stereocenters. The Bertz CT molecular complexity index is 1040. The highest BCUT2D eigenvalue weighted by Crippen LogP contribution is 2.27. The van der Waals surface area contributed by atoms with Crippen molar-refractivity contribution < 1.29 is 9.52 Å². The Labute approximate surface area is 162 Å². The van der Waals surface area contributed by atoms with E-state index < -0.39 is 5.63 Å². The molecule has 0 bridgehead atoms. The quantitative estimate of drug-likeness (QED) is 0.696. The molecule has 1 fully saturated rings. The summed E-state index contributed by atoms with van der Waals surface area (Å²) < 4.78 is 5.22. The number of phenols is 1. The first kappa shape index (κ1) is 17.9. The third-order valence-electron chi connectivity index (χ3n) is 5.09. The summed E-state index contributed by atoms with van der Waals surface area (Å²) in [7, 11) is 0. The van der Waals surface area contributed by atoms with E-state index in [1.54, 1.807) is 18.2 Å². The Morgan fingerprint density at radius 3 is 2.63 bits per heavy atom. The Morgan fingerprint density at radius 1 is 1.07 bits per heavy atom. The van der Waals surface area contributed by atoms with E-state index in [1.807, 2.05) is 12.1 Å². The number of hydrogen-bond acceptors (Lipinski definition) is 5. The predicted octanol–water partition coefficient (Wildman–Crippen LogP) is 3.78. The van der Waals surface area contributed by atoms with Gasteiger partial charge < -0.3 is 14.4 Å². The molecule has 1 saturated heterocycles. The molecule has 1 aromatic heterocycles. The van der Waals surface area contributed by atoms with Crippen LogP contribution in [0.2, 0.25) is 5.02 Å². The molecular weight excluding hydrogens is 364 g/mol. The van der Waals surface area contributed by atoms with Gasteiger partial charge in [0, 0.05) is 61.0 Å². The van der Waals surface area contributed by atoms with Crippen LogP contribution in [0.5, 0.6) is 5.75 Å². The van der Waals surface area contributed by atoms with Crippen LogP contribution in [0.4, 0.5) is 5.69 Å². The number of hydrogen-bond donors (Lipinski definition) is 1. The van der Waals surface area contributed by atoms with Crippen molar-refractivity contribution in [3.63, 3.8) is 0 Å². The highest BCUT2D eigenvalue weighted by molar-refractivity contribution is 6.30. The van der Waals surface area contributed by atoms with Crippen molar-refractivity contribution in [1.82, 2.24) is 4.90 Å². The first-order valence-electron chi connectivity index (χ1n) is 8.99. The monoisotopic (exact) mass is 384 g/mol. The van der Waals surface area contributed by atoms with Crippen LogP contribution in [-0.4, -0.2) is 36.2 Å². The molecule has 140 valence electrons. The summed E-state index contributed by atoms with van der Waals surface area (Å²) >= 11 is 6.16. The SMILES string of the molecule is Cc1ccc(Cl)cc1N1CCN(Cc2cc(=O)oc3cc(O)ccc23)CC1. The van der Waals surface area contributed by atoms with Crippen LogP contribution < -0.4 is 10.5 Å². The maximum absolute atomic E-state index is 11.9. The summed E-state index contributed by atoms with van der Waals surface area (Å²) in [4.78, 5) is 16.6. The summed E-state index contributed by atoms with van der Waals surface area (Å²) in [6, 6.07) is 12.4. The first-order chi connectivity index (χ1) is 13.0. The third kappa shape index (κ3) is 3.80. The fourth-order valence-corrected chi connectivity index (χ4v) is 3.83. The van der Waals surface area contributed by atoms with E-state index in [1.165, 1.54) is 17.3 Å². The molecule has 1 aliphatic heterocycles. The summed E-state index contributed by atoms with van der Waals surface area (Å²) in [5.41, 5.74) is 3.36. The maximum atomic E-state index is 11.9. The van der Waals surface area contributed by atoms with Gasteiger partial charge in [0.05, 0.1) is 0 Å². The lowest BCUT2D eigenvalue weighted by molar-refractivity contribution is 0.250. The molecular formula is C21H21ClN2O3. The second-order valence-corrected chi connectivity index (χ2v) is 7.40. The molecule has 0 saturated carbocycles. The lowest BCUT2D eigenvalue weighted by atomic mass is 10.1. The van der Waals surface area contributed by atoms with Crippen molar-refractivity contribution in [1.29, 1.82) is 0 Å². The molecule has 1 N–H and O–H groups in total. The number of phenolic OH excluding ortho intramolecular Hbond substituents is 1. The van der Waals surface area contributed by atoms with E-state index in [0.29, 0.717) is 12.1 Å². The fraction of sp³-hybridized carbons (Fsp3) is 0.286. The van der Waals surface area contributed by atoms with Gasteiger partial charge in [0.1, 0.15) is 11.3 Å². The Hall–Kier alpha value is -2.50. The van der Waals surface area contributed by atoms with Crippen molar-refractivity contribution >= 4 is 28.3 Å². The summed E-state index contributed by atoms with van der Waals surface area (Å²) in [5.74, 6) is 0.0910. The van der Waals surface area contributed by atoms with Gasteiger partial charge in [0.15, 0.2) is 0 Å². The van der Waals surface area contributed by atoms with Crippen LogP contribution in [0.15, 0.2) is 51.7 Å². The van der Waals surface area contributed by atoms with Gasteiger partial charge >= 0.3 is 5.63 Å². The average molecular weight is 385 g/mol. The van der Waals surface area contributed by atoms with E-state index in [2.05, 4.69) is 22.8 Å². The van der Waals surface area contributed by atoms with Crippen molar-refractivity contribution in [3.8, 4) is 5.75 Å². The minimum Gasteiger partial charge on any atom is -0.508 e. The highest BCUT2D eigenvalue weighted by Gasteiger charge is 2.20. The van der Waals surface area contributed by atoms with Crippen LogP contribution in [0.3, 0.4) is 0 Å². The van der Waals surface area contributed by atoms with Gasteiger partial charge in [-0.25, -0.2) is 4.79 Å². The fourth-order valence-electron chi connectivity index (χ4n) is 3.66. The molecule has 0 atom stereocenters. The summed E-state index contributed by atoms with van der Waals surface area (Å²) in [5, 5.41) is 11.2. The van der Waals surface area contributed by atoms with E-state index in [4.69, 9.17) is 16.0 Å². The lowest BCUT2D eigenvalue weighted by Crippen LogP contribution is -2.46. The number of aromatic hydroxyl groups is 1. The van der Waals surface area contributed by atoms with Gasteiger partial charge in [-0.2, -0.15) is 0 Å². The van der Waals surface area contributed by atoms with Gasteiger partial charge in [-0.05, 0) is 42.3 Å². The lowest BCUT2D eigenvalue weighted by Gasteiger charge is -2.37. The number of halogens is 1. The Kier molecular flexibility index (Phi) is 4.81. The van der Waals surface area contributed by atoms with Crippen LogP contribution >= 0.6 is 11.6 Å². The Balaban J connectivity index is 1.51. The zero-order valence-corrected chi connectivity index (χ0v) is 15.9. The second kappa shape index (κ2) is 7.25. The molecule has 1 aliphatic rings. The minimum absolute atomic E-state index is 0.0910. The van der Waals surface area contributed by atoms with E-state index in [0.717, 1.165) is 42.2 Å². The number of rotatable bonds is 3. The van der Waals surface area contributed by atoms with Crippen molar-refractivity contribution in [2.75, 3.05) is 31.1 Å². The normalized spacial score (nSPS) is 15.4. The molecule has 2 aromatic carbocycles. The van der Waals surface area contributed by atoms with Gasteiger partial charge in [0.25, 0.3) is 0 Å².